The SMILES string of the molecule is Cc1n[nH]c(C)c1CN1CC[C@H](O)[C@H](O)COCCCCOc2ccccc21. The van der Waals surface area contributed by atoms with Crippen molar-refractivity contribution in [2.45, 2.75) is 51.9 Å². The lowest BCUT2D eigenvalue weighted by molar-refractivity contribution is -0.0405. The van der Waals surface area contributed by atoms with Crippen LogP contribution >= 0.6 is 0 Å². The maximum atomic E-state index is 10.4. The smallest absolute Gasteiger partial charge is 0.142 e. The summed E-state index contributed by atoms with van der Waals surface area (Å²) in [5.74, 6) is 0.828. The van der Waals surface area contributed by atoms with Gasteiger partial charge < -0.3 is 24.6 Å². The van der Waals surface area contributed by atoms with Gasteiger partial charge in [-0.1, -0.05) is 12.1 Å². The normalized spacial score (nSPS) is 22.2. The summed E-state index contributed by atoms with van der Waals surface area (Å²) in [6.45, 7) is 6.54. The minimum absolute atomic E-state index is 0.151. The molecule has 1 aliphatic heterocycles. The third kappa shape index (κ3) is 5.25. The van der Waals surface area contributed by atoms with Gasteiger partial charge in [-0.3, -0.25) is 5.10 Å². The Hall–Kier alpha value is -2.09. The fraction of sp³-hybridized carbons (Fsp3) is 0.571. The van der Waals surface area contributed by atoms with E-state index in [-0.39, 0.29) is 6.61 Å². The van der Waals surface area contributed by atoms with Crippen molar-refractivity contribution in [3.8, 4) is 5.75 Å². The summed E-state index contributed by atoms with van der Waals surface area (Å²) in [7, 11) is 0. The summed E-state index contributed by atoms with van der Waals surface area (Å²) < 4.78 is 11.5. The van der Waals surface area contributed by atoms with E-state index in [2.05, 4.69) is 15.1 Å². The van der Waals surface area contributed by atoms with Crippen LogP contribution in [0.5, 0.6) is 5.75 Å². The Morgan fingerprint density at radius 3 is 2.71 bits per heavy atom. The maximum Gasteiger partial charge on any atom is 0.142 e. The zero-order valence-electron chi connectivity index (χ0n) is 16.7. The van der Waals surface area contributed by atoms with Gasteiger partial charge in [-0.15, -0.1) is 0 Å². The highest BCUT2D eigenvalue weighted by Gasteiger charge is 2.21. The third-order valence-electron chi connectivity index (χ3n) is 5.20. The van der Waals surface area contributed by atoms with Gasteiger partial charge in [0.25, 0.3) is 0 Å². The first-order valence-corrected chi connectivity index (χ1v) is 9.97. The van der Waals surface area contributed by atoms with Gasteiger partial charge in [-0.25, -0.2) is 0 Å². The molecule has 7 heteroatoms. The molecule has 0 saturated heterocycles. The number of rotatable bonds is 2. The first-order valence-electron chi connectivity index (χ1n) is 9.97. The van der Waals surface area contributed by atoms with Crippen molar-refractivity contribution < 1.29 is 19.7 Å². The molecule has 0 spiro atoms. The molecule has 0 bridgehead atoms. The summed E-state index contributed by atoms with van der Waals surface area (Å²) in [6, 6.07) is 7.98. The summed E-state index contributed by atoms with van der Waals surface area (Å²) in [6.07, 6.45) is 0.419. The molecule has 7 nitrogen and oxygen atoms in total. The van der Waals surface area contributed by atoms with Crippen molar-refractivity contribution in [2.24, 2.45) is 0 Å². The number of nitrogens with zero attached hydrogens (tertiary/aromatic N) is 2. The Bertz CT molecular complexity index is 730. The lowest BCUT2D eigenvalue weighted by Gasteiger charge is -2.29. The number of anilines is 1. The summed E-state index contributed by atoms with van der Waals surface area (Å²) in [5, 5.41) is 27.9. The number of aliphatic hydroxyl groups excluding tert-OH is 2. The van der Waals surface area contributed by atoms with Gasteiger partial charge in [-0.05, 0) is 45.2 Å². The minimum atomic E-state index is -0.881. The van der Waals surface area contributed by atoms with E-state index in [0.717, 1.165) is 41.2 Å². The Morgan fingerprint density at radius 2 is 1.93 bits per heavy atom. The predicted octanol–water partition coefficient (Wildman–Crippen LogP) is 2.33. The van der Waals surface area contributed by atoms with Crippen LogP contribution in [0.15, 0.2) is 24.3 Å². The second-order valence-electron chi connectivity index (χ2n) is 7.36. The van der Waals surface area contributed by atoms with Crippen LogP contribution in [0.1, 0.15) is 36.2 Å². The van der Waals surface area contributed by atoms with Crippen molar-refractivity contribution in [1.29, 1.82) is 0 Å². The molecule has 2 heterocycles. The molecule has 2 aromatic rings. The van der Waals surface area contributed by atoms with E-state index in [1.165, 1.54) is 0 Å². The Balaban J connectivity index is 1.87. The molecule has 1 aromatic heterocycles. The molecule has 154 valence electrons. The molecule has 0 fully saturated rings. The van der Waals surface area contributed by atoms with Crippen molar-refractivity contribution in [2.75, 3.05) is 31.3 Å². The topological polar surface area (TPSA) is 90.8 Å². The van der Waals surface area contributed by atoms with Crippen LogP contribution in [-0.4, -0.2) is 59.0 Å². The third-order valence-corrected chi connectivity index (χ3v) is 5.20. The highest BCUT2D eigenvalue weighted by Crippen LogP contribution is 2.31. The number of aryl methyl sites for hydroxylation is 2. The van der Waals surface area contributed by atoms with E-state index in [4.69, 9.17) is 9.47 Å². The van der Waals surface area contributed by atoms with Gasteiger partial charge in [0, 0.05) is 31.0 Å². The van der Waals surface area contributed by atoms with E-state index < -0.39 is 12.2 Å². The second kappa shape index (κ2) is 9.91. The number of aliphatic hydroxyl groups is 2. The first-order chi connectivity index (χ1) is 13.6. The van der Waals surface area contributed by atoms with E-state index in [1.54, 1.807) is 0 Å². The number of hydrogen-bond donors (Lipinski definition) is 3. The number of aromatic nitrogens is 2. The van der Waals surface area contributed by atoms with Crippen molar-refractivity contribution >= 4 is 5.69 Å². The maximum absolute atomic E-state index is 10.4. The van der Waals surface area contributed by atoms with Crippen LogP contribution in [0.2, 0.25) is 0 Å². The molecule has 3 N–H and O–H groups in total. The van der Waals surface area contributed by atoms with Crippen LogP contribution in [0.25, 0.3) is 0 Å². The average Bonchev–Trinajstić information content (AvgIpc) is 3.01. The molecule has 28 heavy (non-hydrogen) atoms. The molecule has 0 unspecified atom stereocenters. The summed E-state index contributed by atoms with van der Waals surface area (Å²) >= 11 is 0. The number of H-pyrrole nitrogens is 1. The second-order valence-corrected chi connectivity index (χ2v) is 7.36. The predicted molar refractivity (Wildman–Crippen MR) is 108 cm³/mol. The monoisotopic (exact) mass is 389 g/mol. The van der Waals surface area contributed by atoms with Gasteiger partial charge in [0.15, 0.2) is 0 Å². The molecule has 0 radical (unpaired) electrons. The molecular formula is C21H31N3O4. The number of para-hydroxylation sites is 2. The number of nitrogens with one attached hydrogen (secondary N) is 1. The molecule has 1 aliphatic rings. The van der Waals surface area contributed by atoms with Gasteiger partial charge in [-0.2, -0.15) is 5.10 Å². The fourth-order valence-electron chi connectivity index (χ4n) is 3.41. The number of ether oxygens (including phenoxy) is 2. The summed E-state index contributed by atoms with van der Waals surface area (Å²) in [4.78, 5) is 2.18. The highest BCUT2D eigenvalue weighted by molar-refractivity contribution is 5.59. The molecule has 3 rings (SSSR count). The minimum Gasteiger partial charge on any atom is -0.491 e. The number of hydrogen-bond acceptors (Lipinski definition) is 6. The van der Waals surface area contributed by atoms with Crippen LogP contribution in [0.4, 0.5) is 5.69 Å². The number of benzene rings is 1. The van der Waals surface area contributed by atoms with E-state index in [9.17, 15) is 10.2 Å². The first kappa shape index (κ1) is 20.6. The van der Waals surface area contributed by atoms with Crippen molar-refractivity contribution in [3.63, 3.8) is 0 Å². The van der Waals surface area contributed by atoms with Crippen LogP contribution in [0, 0.1) is 13.8 Å². The number of aromatic amines is 1. The van der Waals surface area contributed by atoms with E-state index in [1.807, 2.05) is 38.1 Å². The fourth-order valence-corrected chi connectivity index (χ4v) is 3.41. The average molecular weight is 389 g/mol. The quantitative estimate of drug-likeness (QED) is 0.730. The summed E-state index contributed by atoms with van der Waals surface area (Å²) in [5.41, 5.74) is 4.11. The van der Waals surface area contributed by atoms with Gasteiger partial charge in [0.05, 0.1) is 30.7 Å². The lowest BCUT2D eigenvalue weighted by atomic mass is 10.1. The standard InChI is InChI=1S/C21H31N3O4/c1-15-17(16(2)23-22-15)13-24-10-9-19(25)20(26)14-27-11-5-6-12-28-21-8-4-3-7-18(21)24/h3-4,7-8,19-20,25-26H,5-6,9-14H2,1-2H3,(H,22,23)/t19-,20+/m0/s1. The molecule has 1 aromatic carbocycles. The molecule has 2 atom stereocenters. The van der Waals surface area contributed by atoms with Gasteiger partial charge in [0.2, 0.25) is 0 Å². The Labute approximate surface area is 166 Å². The molecular weight excluding hydrogens is 358 g/mol. The zero-order chi connectivity index (χ0) is 19.9. The van der Waals surface area contributed by atoms with Crippen LogP contribution in [0.3, 0.4) is 0 Å². The zero-order valence-corrected chi connectivity index (χ0v) is 16.7. The van der Waals surface area contributed by atoms with Gasteiger partial charge in [0.1, 0.15) is 11.9 Å². The van der Waals surface area contributed by atoms with Crippen LogP contribution in [-0.2, 0) is 11.3 Å². The highest BCUT2D eigenvalue weighted by atomic mass is 16.5. The van der Waals surface area contributed by atoms with Crippen molar-refractivity contribution in [3.05, 3.63) is 41.2 Å². The van der Waals surface area contributed by atoms with Gasteiger partial charge >= 0.3 is 0 Å². The van der Waals surface area contributed by atoms with Crippen LogP contribution < -0.4 is 9.64 Å². The molecule has 0 saturated carbocycles. The van der Waals surface area contributed by atoms with Crippen molar-refractivity contribution in [1.82, 2.24) is 10.2 Å². The Morgan fingerprint density at radius 1 is 1.14 bits per heavy atom. The largest absolute Gasteiger partial charge is 0.491 e. The molecule has 0 amide bonds. The van der Waals surface area contributed by atoms with E-state index in [0.29, 0.717) is 32.7 Å². The molecule has 0 aliphatic carbocycles. The van der Waals surface area contributed by atoms with E-state index >= 15 is 0 Å². The number of fused-ring (bicyclic) bond motifs is 1. The lowest BCUT2D eigenvalue weighted by Crippen LogP contribution is -2.35. The Kier molecular flexibility index (Phi) is 7.30.